The van der Waals surface area contributed by atoms with E-state index in [9.17, 15) is 0 Å². The summed E-state index contributed by atoms with van der Waals surface area (Å²) in [7, 11) is 0. The number of benzene rings is 2. The predicted octanol–water partition coefficient (Wildman–Crippen LogP) is 6.18. The molecule has 1 aliphatic heterocycles. The lowest BCUT2D eigenvalue weighted by atomic mass is 9.80. The molecule has 1 atom stereocenters. The van der Waals surface area contributed by atoms with Gasteiger partial charge in [0.05, 0.1) is 0 Å². The molecular formula is C25H35Cl2N3. The Labute approximate surface area is 193 Å². The van der Waals surface area contributed by atoms with Gasteiger partial charge in [-0.05, 0) is 49.4 Å². The number of piperazine rings is 1. The number of hydrogen-bond acceptors (Lipinski definition) is 2. The summed E-state index contributed by atoms with van der Waals surface area (Å²) in [5, 5.41) is 6.39. The average Bonchev–Trinajstić information content (AvgIpc) is 3.09. The summed E-state index contributed by atoms with van der Waals surface area (Å²) in [5.41, 5.74) is 4.30. The van der Waals surface area contributed by atoms with E-state index in [1.807, 2.05) is 0 Å². The van der Waals surface area contributed by atoms with Gasteiger partial charge < -0.3 is 9.88 Å². The van der Waals surface area contributed by atoms with Gasteiger partial charge in [0.2, 0.25) is 0 Å². The Bertz CT molecular complexity index is 938. The highest BCUT2D eigenvalue weighted by Gasteiger charge is 2.31. The third-order valence-electron chi connectivity index (χ3n) is 7.10. The maximum atomic E-state index is 3.54. The van der Waals surface area contributed by atoms with Crippen LogP contribution in [0.4, 0.5) is 0 Å². The van der Waals surface area contributed by atoms with E-state index in [2.05, 4.69) is 64.2 Å². The van der Waals surface area contributed by atoms with Crippen LogP contribution in [0.3, 0.4) is 0 Å². The van der Waals surface area contributed by atoms with Crippen LogP contribution in [0.1, 0.15) is 50.6 Å². The van der Waals surface area contributed by atoms with E-state index in [4.69, 9.17) is 0 Å². The molecule has 5 heteroatoms. The van der Waals surface area contributed by atoms with Crippen LogP contribution >= 0.6 is 24.8 Å². The lowest BCUT2D eigenvalue weighted by Crippen LogP contribution is -2.47. The lowest BCUT2D eigenvalue weighted by Gasteiger charge is -2.41. The highest BCUT2D eigenvalue weighted by atomic mass is 35.5. The fourth-order valence-corrected chi connectivity index (χ4v) is 5.79. The topological polar surface area (TPSA) is 20.2 Å². The van der Waals surface area contributed by atoms with Crippen LogP contribution < -0.4 is 5.32 Å². The molecule has 3 nitrogen and oxygen atoms in total. The molecule has 1 N–H and O–H groups in total. The fourth-order valence-electron chi connectivity index (χ4n) is 5.79. The van der Waals surface area contributed by atoms with Gasteiger partial charge in [-0.25, -0.2) is 0 Å². The molecule has 0 amide bonds. The third kappa shape index (κ3) is 4.23. The third-order valence-corrected chi connectivity index (χ3v) is 7.10. The Morgan fingerprint density at radius 2 is 1.60 bits per heavy atom. The average molecular weight is 448 g/mol. The number of nitrogens with one attached hydrogen (secondary N) is 1. The van der Waals surface area contributed by atoms with Crippen LogP contribution in [-0.2, 0) is 6.54 Å². The van der Waals surface area contributed by atoms with Crippen LogP contribution in [0.25, 0.3) is 21.8 Å². The van der Waals surface area contributed by atoms with Crippen LogP contribution in [0, 0.1) is 5.92 Å². The Kier molecular flexibility index (Phi) is 8.09. The Hall–Kier alpha value is -1.26. The van der Waals surface area contributed by atoms with Gasteiger partial charge in [0.15, 0.2) is 0 Å². The van der Waals surface area contributed by atoms with Crippen molar-refractivity contribution in [3.63, 3.8) is 0 Å². The van der Waals surface area contributed by atoms with E-state index < -0.39 is 0 Å². The number of nitrogens with zero attached hydrogens (tertiary/aromatic N) is 2. The summed E-state index contributed by atoms with van der Waals surface area (Å²) in [6.45, 7) is 7.88. The Morgan fingerprint density at radius 3 is 2.33 bits per heavy atom. The second kappa shape index (κ2) is 10.4. The number of fused-ring (bicyclic) bond motifs is 3. The van der Waals surface area contributed by atoms with Crippen LogP contribution in [0.15, 0.2) is 42.5 Å². The first-order valence-electron chi connectivity index (χ1n) is 11.3. The maximum Gasteiger partial charge on any atom is 0.0491 e. The molecule has 2 heterocycles. The van der Waals surface area contributed by atoms with Crippen LogP contribution in [0.5, 0.6) is 0 Å². The van der Waals surface area contributed by atoms with Crippen molar-refractivity contribution >= 4 is 46.6 Å². The number of rotatable bonds is 4. The van der Waals surface area contributed by atoms with Gasteiger partial charge in [0.1, 0.15) is 0 Å². The molecule has 164 valence electrons. The summed E-state index contributed by atoms with van der Waals surface area (Å²) < 4.78 is 2.47. The predicted molar refractivity (Wildman–Crippen MR) is 133 cm³/mol. The summed E-state index contributed by atoms with van der Waals surface area (Å²) in [5.74, 6) is 0.809. The normalized spacial score (nSPS) is 19.4. The summed E-state index contributed by atoms with van der Waals surface area (Å²) in [6.07, 6.45) is 7.02. The first-order valence-corrected chi connectivity index (χ1v) is 11.3. The zero-order valence-electron chi connectivity index (χ0n) is 18.0. The summed E-state index contributed by atoms with van der Waals surface area (Å²) >= 11 is 0. The second-order valence-corrected chi connectivity index (χ2v) is 8.67. The number of halogens is 2. The van der Waals surface area contributed by atoms with Crippen molar-refractivity contribution in [2.75, 3.05) is 26.2 Å². The van der Waals surface area contributed by atoms with Crippen molar-refractivity contribution in [3.05, 3.63) is 48.0 Å². The van der Waals surface area contributed by atoms with Crippen molar-refractivity contribution in [1.82, 2.24) is 14.8 Å². The van der Waals surface area contributed by atoms with E-state index in [-0.39, 0.29) is 24.8 Å². The monoisotopic (exact) mass is 447 g/mol. The number of hydrogen-bond donors (Lipinski definition) is 1. The van der Waals surface area contributed by atoms with E-state index in [1.165, 1.54) is 67.0 Å². The molecule has 2 aromatic carbocycles. The molecule has 30 heavy (non-hydrogen) atoms. The zero-order chi connectivity index (χ0) is 18.9. The second-order valence-electron chi connectivity index (χ2n) is 8.67. The van der Waals surface area contributed by atoms with Crippen molar-refractivity contribution in [1.29, 1.82) is 0 Å². The molecule has 0 spiro atoms. The number of para-hydroxylation sites is 1. The zero-order valence-corrected chi connectivity index (χ0v) is 19.6. The molecular weight excluding hydrogens is 413 g/mol. The minimum absolute atomic E-state index is 0. The summed E-state index contributed by atoms with van der Waals surface area (Å²) in [6, 6.07) is 16.9. The van der Waals surface area contributed by atoms with Gasteiger partial charge in [-0.15, -0.1) is 24.8 Å². The molecule has 1 saturated heterocycles. The largest absolute Gasteiger partial charge is 0.341 e. The Morgan fingerprint density at radius 1 is 0.900 bits per heavy atom. The van der Waals surface area contributed by atoms with Crippen molar-refractivity contribution in [2.45, 2.75) is 51.6 Å². The molecule has 2 fully saturated rings. The van der Waals surface area contributed by atoms with E-state index in [0.717, 1.165) is 25.6 Å². The minimum atomic E-state index is 0. The van der Waals surface area contributed by atoms with Crippen molar-refractivity contribution in [2.24, 2.45) is 5.92 Å². The molecule has 3 aromatic rings. The SMILES string of the molecule is CCn1c2ccccc2c2cc([C@H](C3CCCCC3)N3CCNCC3)ccc21.Cl.Cl. The highest BCUT2D eigenvalue weighted by molar-refractivity contribution is 6.08. The molecule has 1 saturated carbocycles. The number of aryl methyl sites for hydroxylation is 1. The van der Waals surface area contributed by atoms with E-state index in [0.29, 0.717) is 6.04 Å². The quantitative estimate of drug-likeness (QED) is 0.514. The molecule has 0 radical (unpaired) electrons. The van der Waals surface area contributed by atoms with Gasteiger partial charge in [0.25, 0.3) is 0 Å². The molecule has 5 rings (SSSR count). The highest BCUT2D eigenvalue weighted by Crippen LogP contribution is 2.40. The van der Waals surface area contributed by atoms with E-state index in [1.54, 1.807) is 5.56 Å². The van der Waals surface area contributed by atoms with Crippen molar-refractivity contribution in [3.8, 4) is 0 Å². The van der Waals surface area contributed by atoms with Gasteiger partial charge in [0, 0.05) is 60.6 Å². The molecule has 2 aliphatic rings. The minimum Gasteiger partial charge on any atom is -0.341 e. The maximum absolute atomic E-state index is 3.54. The van der Waals surface area contributed by atoms with Gasteiger partial charge in [-0.2, -0.15) is 0 Å². The fraction of sp³-hybridized carbons (Fsp3) is 0.520. The Balaban J connectivity index is 0.00000128. The first-order chi connectivity index (χ1) is 13.9. The molecule has 1 aromatic heterocycles. The van der Waals surface area contributed by atoms with Gasteiger partial charge in [-0.1, -0.05) is 43.5 Å². The van der Waals surface area contributed by atoms with Gasteiger partial charge >= 0.3 is 0 Å². The van der Waals surface area contributed by atoms with Crippen LogP contribution in [-0.4, -0.2) is 35.6 Å². The van der Waals surface area contributed by atoms with Crippen LogP contribution in [0.2, 0.25) is 0 Å². The smallest absolute Gasteiger partial charge is 0.0491 e. The first kappa shape index (κ1) is 23.4. The summed E-state index contributed by atoms with van der Waals surface area (Å²) in [4.78, 5) is 2.77. The molecule has 0 unspecified atom stereocenters. The standard InChI is InChI=1S/C25H33N3.2ClH/c1-2-28-23-11-7-6-10-21(23)22-18-20(12-13-24(22)28)25(19-8-4-3-5-9-19)27-16-14-26-15-17-27;;/h6-7,10-13,18-19,25-26H,2-5,8-9,14-17H2,1H3;2*1H/t25-;;/m0../s1. The molecule has 1 aliphatic carbocycles. The lowest BCUT2D eigenvalue weighted by molar-refractivity contribution is 0.103. The number of aromatic nitrogens is 1. The van der Waals surface area contributed by atoms with Crippen molar-refractivity contribution < 1.29 is 0 Å². The van der Waals surface area contributed by atoms with E-state index >= 15 is 0 Å². The van der Waals surface area contributed by atoms with Gasteiger partial charge in [-0.3, -0.25) is 4.90 Å². The molecule has 0 bridgehead atoms.